The SMILES string of the molecule is C=C(COc1ccc2c(c1)CCC(=O)N2)C(=O)OCC. The third-order valence-electron chi connectivity index (χ3n) is 2.95. The number of esters is 1. The van der Waals surface area contributed by atoms with E-state index in [9.17, 15) is 9.59 Å². The number of fused-ring (bicyclic) bond motifs is 1. The summed E-state index contributed by atoms with van der Waals surface area (Å²) in [7, 11) is 0. The highest BCUT2D eigenvalue weighted by molar-refractivity contribution is 5.94. The fraction of sp³-hybridized carbons (Fsp3) is 0.333. The molecule has 5 heteroatoms. The van der Waals surface area contributed by atoms with Crippen LogP contribution in [0.5, 0.6) is 5.75 Å². The highest BCUT2D eigenvalue weighted by Gasteiger charge is 2.15. The van der Waals surface area contributed by atoms with E-state index in [-0.39, 0.29) is 18.1 Å². The molecule has 0 saturated heterocycles. The molecule has 0 aliphatic carbocycles. The molecule has 0 unspecified atom stereocenters. The average molecular weight is 275 g/mol. The lowest BCUT2D eigenvalue weighted by molar-refractivity contribution is -0.138. The van der Waals surface area contributed by atoms with Crippen LogP contribution in [0.25, 0.3) is 0 Å². The van der Waals surface area contributed by atoms with Gasteiger partial charge in [0.2, 0.25) is 5.91 Å². The summed E-state index contributed by atoms with van der Waals surface area (Å²) in [6.07, 6.45) is 1.17. The molecule has 0 saturated carbocycles. The number of amides is 1. The summed E-state index contributed by atoms with van der Waals surface area (Å²) in [5.41, 5.74) is 2.12. The van der Waals surface area contributed by atoms with Crippen LogP contribution in [0, 0.1) is 0 Å². The van der Waals surface area contributed by atoms with Crippen molar-refractivity contribution in [2.45, 2.75) is 19.8 Å². The molecule has 0 aromatic heterocycles. The molecular weight excluding hydrogens is 258 g/mol. The zero-order valence-corrected chi connectivity index (χ0v) is 11.4. The highest BCUT2D eigenvalue weighted by atomic mass is 16.5. The van der Waals surface area contributed by atoms with Gasteiger partial charge in [-0.1, -0.05) is 6.58 Å². The molecule has 20 heavy (non-hydrogen) atoms. The van der Waals surface area contributed by atoms with E-state index in [1.165, 1.54) is 0 Å². The van der Waals surface area contributed by atoms with Crippen LogP contribution >= 0.6 is 0 Å². The van der Waals surface area contributed by atoms with E-state index in [0.717, 1.165) is 11.3 Å². The second-order valence-electron chi connectivity index (χ2n) is 4.48. The van der Waals surface area contributed by atoms with Crippen LogP contribution in [0.15, 0.2) is 30.4 Å². The van der Waals surface area contributed by atoms with E-state index >= 15 is 0 Å². The van der Waals surface area contributed by atoms with Crippen molar-refractivity contribution in [3.63, 3.8) is 0 Å². The zero-order chi connectivity index (χ0) is 14.5. The van der Waals surface area contributed by atoms with Crippen LogP contribution < -0.4 is 10.1 Å². The normalized spacial score (nSPS) is 13.2. The minimum absolute atomic E-state index is 0.0295. The summed E-state index contributed by atoms with van der Waals surface area (Å²) in [6, 6.07) is 5.42. The van der Waals surface area contributed by atoms with E-state index in [4.69, 9.17) is 9.47 Å². The number of aryl methyl sites for hydroxylation is 1. The van der Waals surface area contributed by atoms with E-state index in [2.05, 4.69) is 11.9 Å². The average Bonchev–Trinajstić information content (AvgIpc) is 2.44. The number of hydrogen-bond acceptors (Lipinski definition) is 4. The topological polar surface area (TPSA) is 64.6 Å². The van der Waals surface area contributed by atoms with Crippen LogP contribution in [0.1, 0.15) is 18.9 Å². The number of nitrogens with one attached hydrogen (secondary N) is 1. The lowest BCUT2D eigenvalue weighted by Crippen LogP contribution is -2.19. The molecule has 1 aromatic rings. The van der Waals surface area contributed by atoms with Crippen LogP contribution in [-0.2, 0) is 20.7 Å². The number of carbonyl (C=O) groups excluding carboxylic acids is 2. The van der Waals surface area contributed by atoms with Gasteiger partial charge in [0, 0.05) is 12.1 Å². The van der Waals surface area contributed by atoms with Crippen LogP contribution in [0.4, 0.5) is 5.69 Å². The Bertz CT molecular complexity index is 551. The Kier molecular flexibility index (Phi) is 4.40. The molecule has 1 aromatic carbocycles. The second kappa shape index (κ2) is 6.23. The minimum atomic E-state index is -0.447. The molecule has 0 radical (unpaired) electrons. The summed E-state index contributed by atoms with van der Waals surface area (Å²) >= 11 is 0. The Morgan fingerprint density at radius 2 is 2.20 bits per heavy atom. The first-order valence-corrected chi connectivity index (χ1v) is 6.50. The second-order valence-corrected chi connectivity index (χ2v) is 4.48. The van der Waals surface area contributed by atoms with Gasteiger partial charge in [-0.15, -0.1) is 0 Å². The maximum absolute atomic E-state index is 11.4. The van der Waals surface area contributed by atoms with E-state index in [1.807, 2.05) is 6.07 Å². The predicted octanol–water partition coefficient (Wildman–Crippen LogP) is 2.07. The van der Waals surface area contributed by atoms with Crippen molar-refractivity contribution < 1.29 is 19.1 Å². The van der Waals surface area contributed by atoms with Gasteiger partial charge in [0.1, 0.15) is 12.4 Å². The van der Waals surface area contributed by atoms with Gasteiger partial charge in [-0.2, -0.15) is 0 Å². The van der Waals surface area contributed by atoms with Crippen molar-refractivity contribution in [1.29, 1.82) is 0 Å². The molecule has 0 atom stereocenters. The van der Waals surface area contributed by atoms with Crippen molar-refractivity contribution >= 4 is 17.6 Å². The number of benzene rings is 1. The highest BCUT2D eigenvalue weighted by Crippen LogP contribution is 2.26. The lowest BCUT2D eigenvalue weighted by atomic mass is 10.0. The van der Waals surface area contributed by atoms with Crippen LogP contribution in [0.3, 0.4) is 0 Å². The standard InChI is InChI=1S/C15H17NO4/c1-3-19-15(18)10(2)9-20-12-5-6-13-11(8-12)4-7-14(17)16-13/h5-6,8H,2-4,7,9H2,1H3,(H,16,17). The van der Waals surface area contributed by atoms with Crippen LogP contribution in [-0.4, -0.2) is 25.1 Å². The number of anilines is 1. The van der Waals surface area contributed by atoms with Gasteiger partial charge in [-0.3, -0.25) is 4.79 Å². The smallest absolute Gasteiger partial charge is 0.336 e. The van der Waals surface area contributed by atoms with Gasteiger partial charge in [-0.25, -0.2) is 4.79 Å². The van der Waals surface area contributed by atoms with Gasteiger partial charge < -0.3 is 14.8 Å². The van der Waals surface area contributed by atoms with Crippen molar-refractivity contribution in [2.75, 3.05) is 18.5 Å². The van der Waals surface area contributed by atoms with E-state index in [1.54, 1.807) is 19.1 Å². The molecule has 1 aliphatic rings. The maximum atomic E-state index is 11.4. The van der Waals surface area contributed by atoms with Crippen molar-refractivity contribution in [2.24, 2.45) is 0 Å². The van der Waals surface area contributed by atoms with Crippen molar-refractivity contribution in [1.82, 2.24) is 0 Å². The Morgan fingerprint density at radius 3 is 2.95 bits per heavy atom. The Balaban J connectivity index is 1.96. The van der Waals surface area contributed by atoms with Gasteiger partial charge in [0.25, 0.3) is 0 Å². The summed E-state index contributed by atoms with van der Waals surface area (Å²) in [5, 5.41) is 2.80. The summed E-state index contributed by atoms with van der Waals surface area (Å²) in [6.45, 7) is 5.77. The molecule has 106 valence electrons. The molecule has 1 amide bonds. The van der Waals surface area contributed by atoms with E-state index in [0.29, 0.717) is 25.2 Å². The number of carbonyl (C=O) groups is 2. The molecule has 0 spiro atoms. The summed E-state index contributed by atoms with van der Waals surface area (Å²) in [5.74, 6) is 0.227. The Labute approximate surface area is 117 Å². The molecule has 1 heterocycles. The van der Waals surface area contributed by atoms with Crippen LogP contribution in [0.2, 0.25) is 0 Å². The first-order chi connectivity index (χ1) is 9.60. The van der Waals surface area contributed by atoms with Gasteiger partial charge in [-0.05, 0) is 37.1 Å². The van der Waals surface area contributed by atoms with E-state index < -0.39 is 5.97 Å². The fourth-order valence-corrected chi connectivity index (χ4v) is 1.91. The zero-order valence-electron chi connectivity index (χ0n) is 11.4. The van der Waals surface area contributed by atoms with Crippen molar-refractivity contribution in [3.05, 3.63) is 35.9 Å². The molecule has 0 fully saturated rings. The predicted molar refractivity (Wildman–Crippen MR) is 74.7 cm³/mol. The number of ether oxygens (including phenoxy) is 2. The largest absolute Gasteiger partial charge is 0.489 e. The lowest BCUT2D eigenvalue weighted by Gasteiger charge is -2.17. The summed E-state index contributed by atoms with van der Waals surface area (Å²) < 4.78 is 10.3. The molecule has 0 bridgehead atoms. The van der Waals surface area contributed by atoms with Gasteiger partial charge in [0.15, 0.2) is 0 Å². The molecule has 1 aliphatic heterocycles. The molecule has 5 nitrogen and oxygen atoms in total. The number of rotatable bonds is 5. The third-order valence-corrected chi connectivity index (χ3v) is 2.95. The quantitative estimate of drug-likeness (QED) is 0.660. The first kappa shape index (κ1) is 14.1. The van der Waals surface area contributed by atoms with Gasteiger partial charge in [0.05, 0.1) is 12.2 Å². The molecule has 1 N–H and O–H groups in total. The minimum Gasteiger partial charge on any atom is -0.489 e. The Morgan fingerprint density at radius 1 is 1.40 bits per heavy atom. The van der Waals surface area contributed by atoms with Crippen molar-refractivity contribution in [3.8, 4) is 5.75 Å². The molecular formula is C15H17NO4. The maximum Gasteiger partial charge on any atom is 0.336 e. The monoisotopic (exact) mass is 275 g/mol. The number of hydrogen-bond donors (Lipinski definition) is 1. The Hall–Kier alpha value is -2.30. The first-order valence-electron chi connectivity index (χ1n) is 6.50. The van der Waals surface area contributed by atoms with Gasteiger partial charge >= 0.3 is 5.97 Å². The summed E-state index contributed by atoms with van der Waals surface area (Å²) in [4.78, 5) is 22.6. The fourth-order valence-electron chi connectivity index (χ4n) is 1.91. The third kappa shape index (κ3) is 3.38. The molecule has 2 rings (SSSR count).